The van der Waals surface area contributed by atoms with Crippen LogP contribution >= 0.6 is 0 Å². The second kappa shape index (κ2) is 6.58. The monoisotopic (exact) mass is 266 g/mol. The van der Waals surface area contributed by atoms with Gasteiger partial charge in [-0.3, -0.25) is 0 Å². The van der Waals surface area contributed by atoms with Crippen LogP contribution in [-0.4, -0.2) is 37.1 Å². The zero-order valence-corrected chi connectivity index (χ0v) is 13.5. The molecule has 0 atom stereocenters. The molecule has 1 aliphatic heterocycles. The van der Waals surface area contributed by atoms with Gasteiger partial charge in [-0.05, 0) is 70.0 Å². The van der Waals surface area contributed by atoms with E-state index in [1.54, 1.807) is 0 Å². The highest BCUT2D eigenvalue weighted by atomic mass is 15.1. The lowest BCUT2D eigenvalue weighted by molar-refractivity contribution is 0.128. The molecule has 0 unspecified atom stereocenters. The van der Waals surface area contributed by atoms with Crippen LogP contribution in [0.25, 0.3) is 0 Å². The molecular weight excluding hydrogens is 232 g/mol. The molecule has 2 heteroatoms. The Balaban J connectivity index is 1.72. The number of hydrogen-bond donors (Lipinski definition) is 1. The number of hydrogen-bond acceptors (Lipinski definition) is 2. The summed E-state index contributed by atoms with van der Waals surface area (Å²) in [5.74, 6) is 0.952. The van der Waals surface area contributed by atoms with Gasteiger partial charge >= 0.3 is 0 Å². The summed E-state index contributed by atoms with van der Waals surface area (Å²) in [6, 6.07) is 1.59. The molecule has 2 nitrogen and oxygen atoms in total. The predicted molar refractivity (Wildman–Crippen MR) is 83.5 cm³/mol. The molecule has 0 aromatic heterocycles. The van der Waals surface area contributed by atoms with E-state index in [0.717, 1.165) is 18.0 Å². The Bertz CT molecular complexity index is 258. The van der Waals surface area contributed by atoms with Gasteiger partial charge in [-0.1, -0.05) is 27.2 Å². The van der Waals surface area contributed by atoms with Gasteiger partial charge in [-0.15, -0.1) is 0 Å². The van der Waals surface area contributed by atoms with E-state index in [1.165, 1.54) is 58.0 Å². The molecule has 2 aliphatic rings. The topological polar surface area (TPSA) is 15.3 Å². The molecule has 2 rings (SSSR count). The Kier molecular flexibility index (Phi) is 5.30. The molecule has 112 valence electrons. The standard InChI is InChI=1S/C17H34N2/c1-5-17(2,3)14-6-8-15(9-7-14)18-16-10-12-19(4)13-11-16/h14-16,18H,5-13H2,1-4H3. The Hall–Kier alpha value is -0.0800. The Labute approximate surface area is 120 Å². The third-order valence-corrected chi connectivity index (χ3v) is 5.93. The number of rotatable bonds is 4. The highest BCUT2D eigenvalue weighted by Gasteiger charge is 2.32. The van der Waals surface area contributed by atoms with Crippen LogP contribution in [0.2, 0.25) is 0 Å². The number of nitrogens with zero attached hydrogens (tertiary/aromatic N) is 1. The smallest absolute Gasteiger partial charge is 0.00939 e. The minimum Gasteiger partial charge on any atom is -0.311 e. The van der Waals surface area contributed by atoms with Gasteiger partial charge in [-0.25, -0.2) is 0 Å². The molecule has 0 aromatic carbocycles. The van der Waals surface area contributed by atoms with Crippen molar-refractivity contribution in [1.82, 2.24) is 10.2 Å². The van der Waals surface area contributed by atoms with E-state index < -0.39 is 0 Å². The summed E-state index contributed by atoms with van der Waals surface area (Å²) in [5.41, 5.74) is 0.554. The maximum absolute atomic E-state index is 3.94. The van der Waals surface area contributed by atoms with E-state index >= 15 is 0 Å². The minimum absolute atomic E-state index is 0.554. The first-order valence-corrected chi connectivity index (χ1v) is 8.46. The van der Waals surface area contributed by atoms with E-state index in [1.807, 2.05) is 0 Å². The highest BCUT2D eigenvalue weighted by Crippen LogP contribution is 2.40. The average Bonchev–Trinajstić information content (AvgIpc) is 2.42. The Morgan fingerprint density at radius 3 is 2.00 bits per heavy atom. The van der Waals surface area contributed by atoms with E-state index in [4.69, 9.17) is 0 Å². The van der Waals surface area contributed by atoms with Gasteiger partial charge in [0.15, 0.2) is 0 Å². The third-order valence-electron chi connectivity index (χ3n) is 5.93. The van der Waals surface area contributed by atoms with Crippen LogP contribution in [0.3, 0.4) is 0 Å². The zero-order chi connectivity index (χ0) is 13.9. The molecular formula is C17H34N2. The lowest BCUT2D eigenvalue weighted by Gasteiger charge is -2.40. The van der Waals surface area contributed by atoms with Crippen molar-refractivity contribution in [1.29, 1.82) is 0 Å². The number of likely N-dealkylation sites (tertiary alicyclic amines) is 1. The van der Waals surface area contributed by atoms with Crippen molar-refractivity contribution >= 4 is 0 Å². The molecule has 0 radical (unpaired) electrons. The quantitative estimate of drug-likeness (QED) is 0.835. The van der Waals surface area contributed by atoms with Crippen molar-refractivity contribution in [2.75, 3.05) is 20.1 Å². The highest BCUT2D eigenvalue weighted by molar-refractivity contribution is 4.87. The Morgan fingerprint density at radius 2 is 1.47 bits per heavy atom. The van der Waals surface area contributed by atoms with Gasteiger partial charge in [0.1, 0.15) is 0 Å². The summed E-state index contributed by atoms with van der Waals surface area (Å²) in [6.45, 7) is 9.82. The first-order chi connectivity index (χ1) is 9.01. The molecule has 1 saturated heterocycles. The van der Waals surface area contributed by atoms with Crippen molar-refractivity contribution < 1.29 is 0 Å². The second-order valence-corrected chi connectivity index (χ2v) is 7.63. The fourth-order valence-corrected chi connectivity index (χ4v) is 3.84. The van der Waals surface area contributed by atoms with Crippen LogP contribution < -0.4 is 5.32 Å². The van der Waals surface area contributed by atoms with Gasteiger partial charge in [0.25, 0.3) is 0 Å². The molecule has 0 amide bonds. The lowest BCUT2D eigenvalue weighted by Crippen LogP contribution is -2.46. The number of nitrogens with one attached hydrogen (secondary N) is 1. The molecule has 0 aromatic rings. The maximum atomic E-state index is 3.94. The average molecular weight is 266 g/mol. The molecule has 2 fully saturated rings. The van der Waals surface area contributed by atoms with E-state index in [2.05, 4.69) is 38.0 Å². The Morgan fingerprint density at radius 1 is 0.947 bits per heavy atom. The third kappa shape index (κ3) is 4.19. The summed E-state index contributed by atoms with van der Waals surface area (Å²) in [5, 5.41) is 3.94. The fraction of sp³-hybridized carbons (Fsp3) is 1.00. The van der Waals surface area contributed by atoms with Gasteiger partial charge in [0.05, 0.1) is 0 Å². The maximum Gasteiger partial charge on any atom is 0.00939 e. The molecule has 1 N–H and O–H groups in total. The molecule has 19 heavy (non-hydrogen) atoms. The van der Waals surface area contributed by atoms with Crippen molar-refractivity contribution in [3.63, 3.8) is 0 Å². The molecule has 1 aliphatic carbocycles. The second-order valence-electron chi connectivity index (χ2n) is 7.63. The summed E-state index contributed by atoms with van der Waals surface area (Å²) in [6.07, 6.45) is 9.69. The van der Waals surface area contributed by atoms with Gasteiger partial charge in [0, 0.05) is 12.1 Å². The minimum atomic E-state index is 0.554. The summed E-state index contributed by atoms with van der Waals surface area (Å²) in [4.78, 5) is 2.46. The van der Waals surface area contributed by atoms with Crippen LogP contribution in [-0.2, 0) is 0 Å². The van der Waals surface area contributed by atoms with Gasteiger partial charge < -0.3 is 10.2 Å². The first kappa shape index (κ1) is 15.3. The largest absolute Gasteiger partial charge is 0.311 e. The van der Waals surface area contributed by atoms with Crippen molar-refractivity contribution in [2.45, 2.75) is 77.8 Å². The van der Waals surface area contributed by atoms with E-state index in [0.29, 0.717) is 5.41 Å². The number of piperidine rings is 1. The first-order valence-electron chi connectivity index (χ1n) is 8.46. The van der Waals surface area contributed by atoms with E-state index in [-0.39, 0.29) is 0 Å². The molecule has 1 heterocycles. The van der Waals surface area contributed by atoms with Crippen LogP contribution in [0.5, 0.6) is 0 Å². The van der Waals surface area contributed by atoms with Crippen LogP contribution in [0.1, 0.15) is 65.7 Å². The summed E-state index contributed by atoms with van der Waals surface area (Å²) < 4.78 is 0. The fourth-order valence-electron chi connectivity index (χ4n) is 3.84. The van der Waals surface area contributed by atoms with Gasteiger partial charge in [0.2, 0.25) is 0 Å². The molecule has 0 spiro atoms. The lowest BCUT2D eigenvalue weighted by atomic mass is 9.69. The van der Waals surface area contributed by atoms with E-state index in [9.17, 15) is 0 Å². The molecule has 0 bridgehead atoms. The van der Waals surface area contributed by atoms with Crippen molar-refractivity contribution in [3.8, 4) is 0 Å². The van der Waals surface area contributed by atoms with Crippen LogP contribution in [0.15, 0.2) is 0 Å². The van der Waals surface area contributed by atoms with Crippen molar-refractivity contribution in [2.24, 2.45) is 11.3 Å². The predicted octanol–water partition coefficient (Wildman–Crippen LogP) is 3.67. The van der Waals surface area contributed by atoms with Crippen LogP contribution in [0, 0.1) is 11.3 Å². The van der Waals surface area contributed by atoms with Crippen LogP contribution in [0.4, 0.5) is 0 Å². The van der Waals surface area contributed by atoms with Gasteiger partial charge in [-0.2, -0.15) is 0 Å². The zero-order valence-electron chi connectivity index (χ0n) is 13.5. The normalized spacial score (nSPS) is 31.6. The van der Waals surface area contributed by atoms with Crippen molar-refractivity contribution in [3.05, 3.63) is 0 Å². The SMILES string of the molecule is CCC(C)(C)C1CCC(NC2CCN(C)CC2)CC1. The molecule has 1 saturated carbocycles. The summed E-state index contributed by atoms with van der Waals surface area (Å²) >= 11 is 0. The summed E-state index contributed by atoms with van der Waals surface area (Å²) in [7, 11) is 2.24.